The fourth-order valence-corrected chi connectivity index (χ4v) is 2.04. The summed E-state index contributed by atoms with van der Waals surface area (Å²) in [7, 11) is 1.32. The molecule has 26 heavy (non-hydrogen) atoms. The van der Waals surface area contributed by atoms with Gasteiger partial charge < -0.3 is 14.8 Å². The van der Waals surface area contributed by atoms with Crippen LogP contribution in [-0.4, -0.2) is 29.0 Å². The summed E-state index contributed by atoms with van der Waals surface area (Å²) in [4.78, 5) is 32.5. The predicted octanol–water partition coefficient (Wildman–Crippen LogP) is 2.92. The van der Waals surface area contributed by atoms with Gasteiger partial charge in [-0.25, -0.2) is 0 Å². The predicted molar refractivity (Wildman–Crippen MR) is 91.5 cm³/mol. The largest absolute Gasteiger partial charge is 0.494 e. The Balaban J connectivity index is 2.06. The summed E-state index contributed by atoms with van der Waals surface area (Å²) in [6, 6.07) is 9.08. The number of non-ortho nitro benzene ring substituents is 2. The molecule has 0 saturated carbocycles. The second-order valence-electron chi connectivity index (χ2n) is 5.14. The maximum Gasteiger partial charge on any atom is 0.273 e. The van der Waals surface area contributed by atoms with Crippen molar-refractivity contribution in [2.24, 2.45) is 0 Å². The van der Waals surface area contributed by atoms with Crippen LogP contribution >= 0.6 is 0 Å². The lowest BCUT2D eigenvalue weighted by Crippen LogP contribution is -2.30. The summed E-state index contributed by atoms with van der Waals surface area (Å²) < 4.78 is 10.5. The quantitative estimate of drug-likeness (QED) is 0.592. The number of methoxy groups -OCH3 is 1. The molecule has 0 spiro atoms. The van der Waals surface area contributed by atoms with Crippen LogP contribution in [0.3, 0.4) is 0 Å². The monoisotopic (exact) mass is 361 g/mol. The minimum Gasteiger partial charge on any atom is -0.494 e. The molecule has 0 unspecified atom stereocenters. The molecule has 10 nitrogen and oxygen atoms in total. The van der Waals surface area contributed by atoms with E-state index < -0.39 is 21.9 Å². The molecule has 2 aromatic carbocycles. The zero-order valence-electron chi connectivity index (χ0n) is 13.9. The average molecular weight is 361 g/mol. The summed E-state index contributed by atoms with van der Waals surface area (Å²) in [6.45, 7) is 1.49. The number of nitrogens with zero attached hydrogens (tertiary/aromatic N) is 2. The first kappa shape index (κ1) is 18.6. The summed E-state index contributed by atoms with van der Waals surface area (Å²) in [5.74, 6) is -0.0977. The Kier molecular flexibility index (Phi) is 5.68. The van der Waals surface area contributed by atoms with E-state index >= 15 is 0 Å². The standard InChI is InChI=1S/C16H15N3O7/c1-10(26-13-6-3-11(4-7-13)18(21)22)16(20)17-14-8-5-12(19(23)24)9-15(14)25-2/h3-10H,1-2H3,(H,17,20)/t10-/m0/s1. The van der Waals surface area contributed by atoms with E-state index in [0.717, 1.165) is 0 Å². The molecule has 0 radical (unpaired) electrons. The Morgan fingerprint density at radius 1 is 1.04 bits per heavy atom. The maximum atomic E-state index is 12.2. The van der Waals surface area contributed by atoms with Crippen molar-refractivity contribution in [2.75, 3.05) is 12.4 Å². The number of amides is 1. The fourth-order valence-electron chi connectivity index (χ4n) is 2.04. The number of hydrogen-bond donors (Lipinski definition) is 1. The number of nitro benzene ring substituents is 2. The van der Waals surface area contributed by atoms with Crippen molar-refractivity contribution in [3.63, 3.8) is 0 Å². The number of rotatable bonds is 7. The third kappa shape index (κ3) is 4.44. The van der Waals surface area contributed by atoms with Crippen LogP contribution in [0.1, 0.15) is 6.92 Å². The fraction of sp³-hybridized carbons (Fsp3) is 0.188. The van der Waals surface area contributed by atoms with Crippen LogP contribution in [0.2, 0.25) is 0 Å². The van der Waals surface area contributed by atoms with Crippen molar-refractivity contribution in [3.05, 3.63) is 62.7 Å². The van der Waals surface area contributed by atoms with Crippen molar-refractivity contribution in [3.8, 4) is 11.5 Å². The van der Waals surface area contributed by atoms with E-state index in [2.05, 4.69) is 5.32 Å². The van der Waals surface area contributed by atoms with Gasteiger partial charge in [0.1, 0.15) is 11.5 Å². The molecular weight excluding hydrogens is 346 g/mol. The van der Waals surface area contributed by atoms with E-state index in [4.69, 9.17) is 9.47 Å². The van der Waals surface area contributed by atoms with Gasteiger partial charge in [-0.1, -0.05) is 0 Å². The van der Waals surface area contributed by atoms with Gasteiger partial charge in [0.15, 0.2) is 6.10 Å². The number of anilines is 1. The summed E-state index contributed by atoms with van der Waals surface area (Å²) >= 11 is 0. The minimum atomic E-state index is -0.920. The van der Waals surface area contributed by atoms with Gasteiger partial charge >= 0.3 is 0 Å². The molecule has 136 valence electrons. The minimum absolute atomic E-state index is 0.0925. The van der Waals surface area contributed by atoms with Gasteiger partial charge in [-0.15, -0.1) is 0 Å². The van der Waals surface area contributed by atoms with Gasteiger partial charge in [-0.3, -0.25) is 25.0 Å². The Bertz CT molecular complexity index is 836. The molecule has 0 bridgehead atoms. The number of benzene rings is 2. The Hall–Kier alpha value is -3.69. The lowest BCUT2D eigenvalue weighted by Gasteiger charge is -2.16. The lowest BCUT2D eigenvalue weighted by molar-refractivity contribution is -0.385. The molecule has 0 saturated heterocycles. The Labute approximate surface area is 147 Å². The van der Waals surface area contributed by atoms with Crippen LogP contribution in [0.25, 0.3) is 0 Å². The number of carbonyl (C=O) groups is 1. The number of hydrogen-bond acceptors (Lipinski definition) is 7. The number of nitrogens with one attached hydrogen (secondary N) is 1. The molecule has 0 aliphatic rings. The Morgan fingerprint density at radius 2 is 1.62 bits per heavy atom. The van der Waals surface area contributed by atoms with E-state index in [1.165, 1.54) is 56.5 Å². The third-order valence-corrected chi connectivity index (χ3v) is 3.38. The highest BCUT2D eigenvalue weighted by Crippen LogP contribution is 2.29. The average Bonchev–Trinajstić information content (AvgIpc) is 2.62. The zero-order chi connectivity index (χ0) is 19.3. The molecule has 2 rings (SSSR count). The summed E-state index contributed by atoms with van der Waals surface area (Å²) in [5, 5.41) is 24.0. The van der Waals surface area contributed by atoms with Gasteiger partial charge in [0.05, 0.1) is 28.7 Å². The molecule has 0 aliphatic heterocycles. The summed E-state index contributed by atoms with van der Waals surface area (Å²) in [5.41, 5.74) is -0.0117. The normalized spacial score (nSPS) is 11.3. The smallest absolute Gasteiger partial charge is 0.273 e. The van der Waals surface area contributed by atoms with E-state index in [9.17, 15) is 25.0 Å². The summed E-state index contributed by atoms with van der Waals surface area (Å²) in [6.07, 6.45) is -0.920. The highest BCUT2D eigenvalue weighted by Gasteiger charge is 2.19. The van der Waals surface area contributed by atoms with Crippen molar-refractivity contribution < 1.29 is 24.1 Å². The van der Waals surface area contributed by atoms with Crippen LogP contribution in [0.4, 0.5) is 17.1 Å². The van der Waals surface area contributed by atoms with Crippen LogP contribution in [0.5, 0.6) is 11.5 Å². The van der Waals surface area contributed by atoms with Crippen LogP contribution in [0.15, 0.2) is 42.5 Å². The van der Waals surface area contributed by atoms with Crippen LogP contribution in [0, 0.1) is 20.2 Å². The SMILES string of the molecule is COc1cc([N+](=O)[O-])ccc1NC(=O)[C@H](C)Oc1ccc([N+](=O)[O-])cc1. The van der Waals surface area contributed by atoms with Crippen molar-refractivity contribution >= 4 is 23.0 Å². The van der Waals surface area contributed by atoms with Gasteiger partial charge in [-0.05, 0) is 25.1 Å². The lowest BCUT2D eigenvalue weighted by atomic mass is 10.2. The Morgan fingerprint density at radius 3 is 2.15 bits per heavy atom. The molecule has 1 atom stereocenters. The number of nitro groups is 2. The van der Waals surface area contributed by atoms with Gasteiger partial charge in [0, 0.05) is 18.2 Å². The topological polar surface area (TPSA) is 134 Å². The first-order chi connectivity index (χ1) is 12.3. The van der Waals surface area contributed by atoms with E-state index in [-0.39, 0.29) is 28.6 Å². The van der Waals surface area contributed by atoms with Crippen molar-refractivity contribution in [2.45, 2.75) is 13.0 Å². The van der Waals surface area contributed by atoms with Gasteiger partial charge in [0.2, 0.25) is 0 Å². The molecule has 0 aliphatic carbocycles. The van der Waals surface area contributed by atoms with Gasteiger partial charge in [0.25, 0.3) is 17.3 Å². The molecule has 1 N–H and O–H groups in total. The molecule has 2 aromatic rings. The van der Waals surface area contributed by atoms with Crippen LogP contribution in [-0.2, 0) is 4.79 Å². The first-order valence-corrected chi connectivity index (χ1v) is 7.36. The molecule has 0 fully saturated rings. The molecule has 10 heteroatoms. The number of ether oxygens (including phenoxy) is 2. The molecule has 1 amide bonds. The second-order valence-corrected chi connectivity index (χ2v) is 5.14. The van der Waals surface area contributed by atoms with Crippen molar-refractivity contribution in [1.82, 2.24) is 0 Å². The van der Waals surface area contributed by atoms with Crippen molar-refractivity contribution in [1.29, 1.82) is 0 Å². The maximum absolute atomic E-state index is 12.2. The highest BCUT2D eigenvalue weighted by molar-refractivity contribution is 5.95. The first-order valence-electron chi connectivity index (χ1n) is 7.36. The number of carbonyl (C=O) groups excluding carboxylic acids is 1. The molecule has 0 heterocycles. The third-order valence-electron chi connectivity index (χ3n) is 3.38. The van der Waals surface area contributed by atoms with E-state index in [1.807, 2.05) is 0 Å². The van der Waals surface area contributed by atoms with Crippen LogP contribution < -0.4 is 14.8 Å². The molecular formula is C16H15N3O7. The second kappa shape index (κ2) is 7.92. The molecule has 0 aromatic heterocycles. The van der Waals surface area contributed by atoms with E-state index in [1.54, 1.807) is 0 Å². The van der Waals surface area contributed by atoms with E-state index in [0.29, 0.717) is 0 Å². The zero-order valence-corrected chi connectivity index (χ0v) is 13.9. The highest BCUT2D eigenvalue weighted by atomic mass is 16.6. The van der Waals surface area contributed by atoms with Gasteiger partial charge in [-0.2, -0.15) is 0 Å².